The SMILES string of the molecule is c1ccc(-c2ccc(-c3cc(-c4ccc(-c5nc6cc7ccccc7cc6c6c5c5ccccc5n6-c5ccccc5)cc4)nc(-c4ccccc4)n3)cc2)cc1.c1ccc(-c2ccc(-c3cc(-c4ccccc4)nc(-c4ccc(-c5nc6cc7ccccc7cc6c6c5c5ccccc5n6-c5ccccc5)cc4)n3)cc2)cc1. The van der Waals surface area contributed by atoms with Gasteiger partial charge in [-0.3, -0.25) is 0 Å². The van der Waals surface area contributed by atoms with Crippen molar-refractivity contribution >= 4 is 87.0 Å². The van der Waals surface area contributed by atoms with Gasteiger partial charge in [-0.2, -0.15) is 0 Å². The lowest BCUT2D eigenvalue weighted by atomic mass is 9.98. The van der Waals surface area contributed by atoms with E-state index in [0.717, 1.165) is 145 Å². The molecule has 0 aliphatic rings. The van der Waals surface area contributed by atoms with Crippen LogP contribution in [0.5, 0.6) is 0 Å². The van der Waals surface area contributed by atoms with Crippen LogP contribution in [0.4, 0.5) is 0 Å². The van der Waals surface area contributed by atoms with Crippen LogP contribution < -0.4 is 0 Å². The van der Waals surface area contributed by atoms with E-state index in [1.165, 1.54) is 54.6 Å². The first-order valence-corrected chi connectivity index (χ1v) is 38.5. The summed E-state index contributed by atoms with van der Waals surface area (Å²) < 4.78 is 4.80. The van der Waals surface area contributed by atoms with Crippen LogP contribution in [0, 0.1) is 0 Å². The van der Waals surface area contributed by atoms with Gasteiger partial charge in [-0.15, -0.1) is 0 Å². The number of rotatable bonds is 12. The van der Waals surface area contributed by atoms with Crippen LogP contribution in [-0.2, 0) is 0 Å². The molecule has 0 atom stereocenters. The molecule has 0 radical (unpaired) electrons. The highest BCUT2D eigenvalue weighted by Gasteiger charge is 2.25. The first-order valence-electron chi connectivity index (χ1n) is 38.5. The van der Waals surface area contributed by atoms with Gasteiger partial charge in [-0.25, -0.2) is 29.9 Å². The third kappa shape index (κ3) is 12.2. The molecule has 22 rings (SSSR count). The minimum atomic E-state index is 0.675. The standard InChI is InChI=1S/2C53H34N4/c1-4-14-35(15-5-1)36-24-26-37(27-25-36)46-34-47(56-53(55-46)40-16-6-2-7-17-40)38-28-30-39(31-29-38)51-50-44-22-12-13-23-49(44)57(43-20-8-3-9-21-43)52(50)45-32-41-18-10-11-19-42(41)33-48(45)54-51;1-4-14-35(15-5-1)36-24-26-38(27-25-36)47-34-46(37-16-6-2-7-17-37)55-53(56-47)40-30-28-39(29-31-40)51-50-44-22-12-13-23-49(44)57(43-20-8-3-9-21-43)52(50)45-32-41-18-10-11-19-42(41)33-48(45)54-51/h2*1-34H. The third-order valence-corrected chi connectivity index (χ3v) is 22.0. The second kappa shape index (κ2) is 28.6. The second-order valence-electron chi connectivity index (χ2n) is 28.9. The minimum Gasteiger partial charge on any atom is -0.308 e. The highest BCUT2D eigenvalue weighted by molar-refractivity contribution is 6.25. The molecular formula is C106H68N8. The zero-order valence-corrected chi connectivity index (χ0v) is 61.8. The monoisotopic (exact) mass is 1450 g/mol. The minimum absolute atomic E-state index is 0.675. The summed E-state index contributed by atoms with van der Waals surface area (Å²) >= 11 is 0. The van der Waals surface area contributed by atoms with Crippen molar-refractivity contribution < 1.29 is 0 Å². The smallest absolute Gasteiger partial charge is 0.160 e. The van der Waals surface area contributed by atoms with Gasteiger partial charge in [0.05, 0.1) is 67.3 Å². The fourth-order valence-corrected chi connectivity index (χ4v) is 16.4. The molecule has 532 valence electrons. The van der Waals surface area contributed by atoms with Gasteiger partial charge in [0.15, 0.2) is 11.6 Å². The van der Waals surface area contributed by atoms with Crippen molar-refractivity contribution in [1.29, 1.82) is 0 Å². The summed E-state index contributed by atoms with van der Waals surface area (Å²) in [4.78, 5) is 31.5. The Bertz CT molecular complexity index is 6930. The second-order valence-corrected chi connectivity index (χ2v) is 28.9. The lowest BCUT2D eigenvalue weighted by Crippen LogP contribution is -1.97. The molecule has 6 heterocycles. The molecule has 0 saturated heterocycles. The lowest BCUT2D eigenvalue weighted by Gasteiger charge is -2.13. The molecule has 0 N–H and O–H groups in total. The summed E-state index contributed by atoms with van der Waals surface area (Å²) in [6, 6.07) is 145. The molecule has 0 aliphatic heterocycles. The van der Waals surface area contributed by atoms with Crippen molar-refractivity contribution in [2.75, 3.05) is 0 Å². The van der Waals surface area contributed by atoms with Gasteiger partial charge in [0, 0.05) is 88.2 Å². The van der Waals surface area contributed by atoms with Crippen molar-refractivity contribution in [3.05, 3.63) is 413 Å². The van der Waals surface area contributed by atoms with Gasteiger partial charge in [-0.05, 0) is 117 Å². The predicted molar refractivity (Wildman–Crippen MR) is 473 cm³/mol. The van der Waals surface area contributed by atoms with Crippen molar-refractivity contribution in [3.63, 3.8) is 0 Å². The molecule has 0 saturated carbocycles. The van der Waals surface area contributed by atoms with Crippen LogP contribution in [0.15, 0.2) is 413 Å². The van der Waals surface area contributed by atoms with E-state index >= 15 is 0 Å². The topological polar surface area (TPSA) is 87.2 Å². The number of nitrogens with zero attached hydrogens (tertiary/aromatic N) is 8. The van der Waals surface area contributed by atoms with E-state index in [1.54, 1.807) is 0 Å². The van der Waals surface area contributed by atoms with Crippen molar-refractivity contribution in [3.8, 4) is 124 Å². The van der Waals surface area contributed by atoms with Crippen molar-refractivity contribution in [1.82, 2.24) is 39.0 Å². The van der Waals surface area contributed by atoms with Gasteiger partial charge < -0.3 is 9.13 Å². The van der Waals surface area contributed by atoms with Crippen LogP contribution in [0.3, 0.4) is 0 Å². The molecule has 0 unspecified atom stereocenters. The quantitative estimate of drug-likeness (QED) is 0.113. The fourth-order valence-electron chi connectivity index (χ4n) is 16.4. The van der Waals surface area contributed by atoms with Crippen LogP contribution in [0.25, 0.3) is 211 Å². The molecule has 8 heteroatoms. The van der Waals surface area contributed by atoms with Crippen LogP contribution in [0.2, 0.25) is 0 Å². The molecule has 0 bridgehead atoms. The molecule has 6 aromatic heterocycles. The highest BCUT2D eigenvalue weighted by Crippen LogP contribution is 2.46. The molecule has 22 aromatic rings. The Labute approximate surface area is 658 Å². The average Bonchev–Trinajstić information content (AvgIpc) is 1.55. The summed E-state index contributed by atoms with van der Waals surface area (Å²) in [6.07, 6.45) is 0. The number of aromatic nitrogens is 8. The van der Waals surface area contributed by atoms with Crippen molar-refractivity contribution in [2.45, 2.75) is 0 Å². The number of pyridine rings is 2. The Kier molecular flexibility index (Phi) is 16.7. The molecular weight excluding hydrogens is 1390 g/mol. The molecule has 0 amide bonds. The van der Waals surface area contributed by atoms with Gasteiger partial charge >= 0.3 is 0 Å². The molecule has 16 aromatic carbocycles. The summed E-state index contributed by atoms with van der Waals surface area (Å²) in [7, 11) is 0. The number of fused-ring (bicyclic) bond motifs is 12. The van der Waals surface area contributed by atoms with E-state index in [2.05, 4.69) is 385 Å². The van der Waals surface area contributed by atoms with Crippen molar-refractivity contribution in [2.24, 2.45) is 0 Å². The normalized spacial score (nSPS) is 11.5. The molecule has 0 spiro atoms. The Morgan fingerprint density at radius 3 is 0.798 bits per heavy atom. The maximum atomic E-state index is 5.48. The number of hydrogen-bond acceptors (Lipinski definition) is 6. The van der Waals surface area contributed by atoms with E-state index < -0.39 is 0 Å². The number of para-hydroxylation sites is 4. The van der Waals surface area contributed by atoms with Crippen LogP contribution >= 0.6 is 0 Å². The van der Waals surface area contributed by atoms with Gasteiger partial charge in [0.1, 0.15) is 0 Å². The average molecular weight is 1450 g/mol. The summed E-state index contributed by atoms with van der Waals surface area (Å²) in [6.45, 7) is 0. The zero-order valence-electron chi connectivity index (χ0n) is 61.8. The van der Waals surface area contributed by atoms with E-state index in [9.17, 15) is 0 Å². The Hall–Kier alpha value is -15.4. The zero-order chi connectivity index (χ0) is 75.4. The molecule has 0 aliphatic carbocycles. The van der Waals surface area contributed by atoms with Gasteiger partial charge in [-0.1, -0.05) is 340 Å². The van der Waals surface area contributed by atoms with E-state index in [1.807, 2.05) is 36.4 Å². The van der Waals surface area contributed by atoms with E-state index in [-0.39, 0.29) is 0 Å². The van der Waals surface area contributed by atoms with E-state index in [4.69, 9.17) is 29.9 Å². The van der Waals surface area contributed by atoms with E-state index in [0.29, 0.717) is 11.6 Å². The molecule has 0 fully saturated rings. The summed E-state index contributed by atoms with van der Waals surface area (Å²) in [5, 5.41) is 11.6. The maximum Gasteiger partial charge on any atom is 0.160 e. The van der Waals surface area contributed by atoms with Crippen LogP contribution in [0.1, 0.15) is 0 Å². The summed E-state index contributed by atoms with van der Waals surface area (Å²) in [5.41, 5.74) is 27.0. The lowest BCUT2D eigenvalue weighted by molar-refractivity contribution is 1.18. The van der Waals surface area contributed by atoms with Crippen LogP contribution in [-0.4, -0.2) is 39.0 Å². The Balaban J connectivity index is 0.000000143. The first-order chi connectivity index (χ1) is 56.5. The Morgan fingerprint density at radius 1 is 0.175 bits per heavy atom. The number of hydrogen-bond donors (Lipinski definition) is 0. The highest BCUT2D eigenvalue weighted by atomic mass is 15.0. The Morgan fingerprint density at radius 2 is 0.430 bits per heavy atom. The molecule has 114 heavy (non-hydrogen) atoms. The predicted octanol–water partition coefficient (Wildman–Crippen LogP) is 27.2. The molecule has 8 nitrogen and oxygen atoms in total. The number of benzene rings is 16. The van der Waals surface area contributed by atoms with Gasteiger partial charge in [0.2, 0.25) is 0 Å². The van der Waals surface area contributed by atoms with Gasteiger partial charge in [0.25, 0.3) is 0 Å². The summed E-state index contributed by atoms with van der Waals surface area (Å²) in [5.74, 6) is 1.37. The fraction of sp³-hybridized carbons (Fsp3) is 0. The third-order valence-electron chi connectivity index (χ3n) is 22.0. The maximum absolute atomic E-state index is 5.48. The first kappa shape index (κ1) is 66.8. The largest absolute Gasteiger partial charge is 0.308 e.